The third-order valence-corrected chi connectivity index (χ3v) is 3.32. The van der Waals surface area contributed by atoms with Crippen LogP contribution in [0.2, 0.25) is 0 Å². The van der Waals surface area contributed by atoms with E-state index < -0.39 is 0 Å². The van der Waals surface area contributed by atoms with Crippen molar-refractivity contribution in [3.63, 3.8) is 0 Å². The largest absolute Gasteiger partial charge is 0.367 e. The summed E-state index contributed by atoms with van der Waals surface area (Å²) in [5.41, 5.74) is 7.14. The molecule has 0 saturated heterocycles. The topological polar surface area (TPSA) is 94.0 Å². The van der Waals surface area contributed by atoms with Gasteiger partial charge in [-0.2, -0.15) is 0 Å². The number of rotatable bonds is 3. The molecule has 6 heteroatoms. The molecule has 0 radical (unpaired) electrons. The molecule has 1 fully saturated rings. The molecule has 0 bridgehead atoms. The van der Waals surface area contributed by atoms with Crippen molar-refractivity contribution in [3.05, 3.63) is 30.1 Å². The predicted molar refractivity (Wildman–Crippen MR) is 69.3 cm³/mol. The van der Waals surface area contributed by atoms with E-state index in [-0.39, 0.29) is 17.8 Å². The number of hydrogen-bond donors (Lipinski definition) is 2. The SMILES string of the molecule is Nc1onc(-c2cccnc2)c1C(=O)NC1CCC1. The number of nitrogen functional groups attached to an aromatic ring is 1. The van der Waals surface area contributed by atoms with Gasteiger partial charge < -0.3 is 15.6 Å². The van der Waals surface area contributed by atoms with Crippen LogP contribution in [0.1, 0.15) is 29.6 Å². The van der Waals surface area contributed by atoms with Crippen molar-refractivity contribution >= 4 is 11.8 Å². The molecule has 1 aliphatic carbocycles. The Labute approximate surface area is 110 Å². The molecular formula is C13H14N4O2. The summed E-state index contributed by atoms with van der Waals surface area (Å²) in [6, 6.07) is 3.82. The van der Waals surface area contributed by atoms with Crippen molar-refractivity contribution in [3.8, 4) is 11.3 Å². The highest BCUT2D eigenvalue weighted by atomic mass is 16.5. The molecular weight excluding hydrogens is 244 g/mol. The first-order valence-electron chi connectivity index (χ1n) is 6.22. The number of pyridine rings is 1. The van der Waals surface area contributed by atoms with Gasteiger partial charge in [-0.1, -0.05) is 5.16 Å². The number of nitrogens with zero attached hydrogens (tertiary/aromatic N) is 2. The number of amides is 1. The van der Waals surface area contributed by atoms with Crippen LogP contribution in [0, 0.1) is 0 Å². The van der Waals surface area contributed by atoms with Crippen molar-refractivity contribution in [1.82, 2.24) is 15.5 Å². The van der Waals surface area contributed by atoms with Crippen LogP contribution in [-0.4, -0.2) is 22.1 Å². The zero-order chi connectivity index (χ0) is 13.2. The normalized spacial score (nSPS) is 14.9. The molecule has 0 aromatic carbocycles. The van der Waals surface area contributed by atoms with Gasteiger partial charge in [0.05, 0.1) is 0 Å². The van der Waals surface area contributed by atoms with E-state index in [9.17, 15) is 4.79 Å². The Morgan fingerprint density at radius 2 is 2.32 bits per heavy atom. The van der Waals surface area contributed by atoms with Gasteiger partial charge in [-0.15, -0.1) is 0 Å². The van der Waals surface area contributed by atoms with Gasteiger partial charge >= 0.3 is 0 Å². The van der Waals surface area contributed by atoms with Gasteiger partial charge in [0.2, 0.25) is 5.88 Å². The molecule has 0 aliphatic heterocycles. The minimum Gasteiger partial charge on any atom is -0.367 e. The van der Waals surface area contributed by atoms with E-state index in [1.807, 2.05) is 6.07 Å². The van der Waals surface area contributed by atoms with E-state index in [1.54, 1.807) is 18.5 Å². The Morgan fingerprint density at radius 3 is 2.95 bits per heavy atom. The molecule has 0 spiro atoms. The summed E-state index contributed by atoms with van der Waals surface area (Å²) in [4.78, 5) is 16.2. The van der Waals surface area contributed by atoms with Crippen molar-refractivity contribution in [2.75, 3.05) is 5.73 Å². The average Bonchev–Trinajstić information content (AvgIpc) is 2.77. The lowest BCUT2D eigenvalue weighted by Gasteiger charge is -2.26. The number of aromatic nitrogens is 2. The Balaban J connectivity index is 1.92. The Kier molecular flexibility index (Phi) is 2.91. The molecule has 2 aromatic rings. The quantitative estimate of drug-likeness (QED) is 0.872. The molecule has 19 heavy (non-hydrogen) atoms. The van der Waals surface area contributed by atoms with Crippen molar-refractivity contribution in [1.29, 1.82) is 0 Å². The number of nitrogens with two attached hydrogens (primary N) is 1. The maximum Gasteiger partial charge on any atom is 0.259 e. The van der Waals surface area contributed by atoms with Gasteiger partial charge in [-0.25, -0.2) is 0 Å². The highest BCUT2D eigenvalue weighted by Gasteiger charge is 2.26. The first kappa shape index (κ1) is 11.7. The Bertz CT molecular complexity index is 590. The lowest BCUT2D eigenvalue weighted by Crippen LogP contribution is -2.39. The van der Waals surface area contributed by atoms with Crippen LogP contribution in [0.15, 0.2) is 29.0 Å². The van der Waals surface area contributed by atoms with Crippen molar-refractivity contribution < 1.29 is 9.32 Å². The van der Waals surface area contributed by atoms with Crippen LogP contribution in [-0.2, 0) is 0 Å². The van der Waals surface area contributed by atoms with Crippen LogP contribution < -0.4 is 11.1 Å². The molecule has 0 unspecified atom stereocenters. The summed E-state index contributed by atoms with van der Waals surface area (Å²) in [7, 11) is 0. The minimum atomic E-state index is -0.234. The van der Waals surface area contributed by atoms with Gasteiger partial charge in [0.1, 0.15) is 11.3 Å². The first-order chi connectivity index (χ1) is 9.25. The maximum absolute atomic E-state index is 12.2. The van der Waals surface area contributed by atoms with E-state index >= 15 is 0 Å². The van der Waals surface area contributed by atoms with Crippen LogP contribution in [0.4, 0.5) is 5.88 Å². The highest BCUT2D eigenvalue weighted by Crippen LogP contribution is 2.27. The Morgan fingerprint density at radius 1 is 1.47 bits per heavy atom. The first-order valence-corrected chi connectivity index (χ1v) is 6.22. The molecule has 2 heterocycles. The molecule has 1 amide bonds. The third-order valence-electron chi connectivity index (χ3n) is 3.32. The number of anilines is 1. The fraction of sp³-hybridized carbons (Fsp3) is 0.308. The van der Waals surface area contributed by atoms with Gasteiger partial charge in [0.25, 0.3) is 5.91 Å². The lowest BCUT2D eigenvalue weighted by atomic mass is 9.93. The second kappa shape index (κ2) is 4.72. The monoisotopic (exact) mass is 258 g/mol. The lowest BCUT2D eigenvalue weighted by molar-refractivity contribution is 0.0918. The minimum absolute atomic E-state index is 0.0377. The second-order valence-corrected chi connectivity index (χ2v) is 4.61. The highest BCUT2D eigenvalue weighted by molar-refractivity contribution is 6.03. The van der Waals surface area contributed by atoms with E-state index in [4.69, 9.17) is 10.3 Å². The van der Waals surface area contributed by atoms with Crippen LogP contribution >= 0.6 is 0 Å². The smallest absolute Gasteiger partial charge is 0.259 e. The fourth-order valence-corrected chi connectivity index (χ4v) is 2.03. The van der Waals surface area contributed by atoms with Gasteiger partial charge in [0.15, 0.2) is 0 Å². The number of hydrogen-bond acceptors (Lipinski definition) is 5. The fourth-order valence-electron chi connectivity index (χ4n) is 2.03. The number of nitrogens with one attached hydrogen (secondary N) is 1. The molecule has 98 valence electrons. The second-order valence-electron chi connectivity index (χ2n) is 4.61. The average molecular weight is 258 g/mol. The van der Waals surface area contributed by atoms with Gasteiger partial charge in [-0.05, 0) is 31.4 Å². The van der Waals surface area contributed by atoms with E-state index in [2.05, 4.69) is 15.5 Å². The standard InChI is InChI=1S/C13H14N4O2/c14-12-10(13(18)16-9-4-1-5-9)11(17-19-12)8-3-2-6-15-7-8/h2-3,6-7,9H,1,4-5,14H2,(H,16,18). The van der Waals surface area contributed by atoms with Gasteiger partial charge in [-0.3, -0.25) is 9.78 Å². The molecule has 3 rings (SSSR count). The van der Waals surface area contributed by atoms with Crippen molar-refractivity contribution in [2.45, 2.75) is 25.3 Å². The molecule has 1 saturated carbocycles. The maximum atomic E-state index is 12.2. The third kappa shape index (κ3) is 2.16. The number of carbonyl (C=O) groups is 1. The summed E-state index contributed by atoms with van der Waals surface area (Å²) in [5.74, 6) is -0.196. The summed E-state index contributed by atoms with van der Waals surface area (Å²) >= 11 is 0. The van der Waals surface area contributed by atoms with Gasteiger partial charge in [0, 0.05) is 24.0 Å². The van der Waals surface area contributed by atoms with E-state index in [1.165, 1.54) is 0 Å². The molecule has 2 aromatic heterocycles. The molecule has 3 N–H and O–H groups in total. The zero-order valence-electron chi connectivity index (χ0n) is 10.3. The van der Waals surface area contributed by atoms with Crippen LogP contribution in [0.5, 0.6) is 0 Å². The molecule has 0 atom stereocenters. The predicted octanol–water partition coefficient (Wildman–Crippen LogP) is 1.60. The van der Waals surface area contributed by atoms with Crippen LogP contribution in [0.25, 0.3) is 11.3 Å². The number of carbonyl (C=O) groups excluding carboxylic acids is 1. The zero-order valence-corrected chi connectivity index (χ0v) is 10.3. The Hall–Kier alpha value is -2.37. The molecule has 6 nitrogen and oxygen atoms in total. The van der Waals surface area contributed by atoms with E-state index in [0.717, 1.165) is 19.3 Å². The summed E-state index contributed by atoms with van der Waals surface area (Å²) in [6.45, 7) is 0. The van der Waals surface area contributed by atoms with E-state index in [0.29, 0.717) is 16.8 Å². The summed E-state index contributed by atoms with van der Waals surface area (Å²) in [5, 5.41) is 6.79. The summed E-state index contributed by atoms with van der Waals surface area (Å²) in [6.07, 6.45) is 6.45. The summed E-state index contributed by atoms with van der Waals surface area (Å²) < 4.78 is 4.94. The molecule has 1 aliphatic rings. The van der Waals surface area contributed by atoms with Crippen molar-refractivity contribution in [2.24, 2.45) is 0 Å². The van der Waals surface area contributed by atoms with Crippen LogP contribution in [0.3, 0.4) is 0 Å².